The molecule has 0 atom stereocenters. The number of hydrogen-bond acceptors (Lipinski definition) is 4. The third-order valence-electron chi connectivity index (χ3n) is 2.48. The number of esters is 1. The fourth-order valence-electron chi connectivity index (χ4n) is 1.63. The predicted octanol–water partition coefficient (Wildman–Crippen LogP) is 4.56. The Labute approximate surface area is 131 Å². The molecule has 0 amide bonds. The van der Waals surface area contributed by atoms with E-state index in [1.165, 1.54) is 6.92 Å². The van der Waals surface area contributed by atoms with Crippen LogP contribution < -0.4 is 0 Å². The summed E-state index contributed by atoms with van der Waals surface area (Å²) in [6.07, 6.45) is 2.24. The summed E-state index contributed by atoms with van der Waals surface area (Å²) in [6.45, 7) is 9.27. The Kier molecular flexibility index (Phi) is 6.71. The van der Waals surface area contributed by atoms with Gasteiger partial charge in [-0.15, -0.1) is 11.3 Å². The second-order valence-corrected chi connectivity index (χ2v) is 6.94. The van der Waals surface area contributed by atoms with Crippen molar-refractivity contribution in [2.24, 2.45) is 0 Å². The number of thiazole rings is 1. The number of hydrogen-bond donors (Lipinski definition) is 0. The number of aryl methyl sites for hydroxylation is 1. The molecule has 0 unspecified atom stereocenters. The van der Waals surface area contributed by atoms with Gasteiger partial charge in [0.1, 0.15) is 5.76 Å². The van der Waals surface area contributed by atoms with E-state index in [4.69, 9.17) is 4.74 Å². The topological polar surface area (TPSA) is 39.2 Å². The van der Waals surface area contributed by atoms with Crippen molar-refractivity contribution in [2.45, 2.75) is 40.0 Å². The number of allylic oxidation sites excluding steroid dienone is 3. The first kappa shape index (κ1) is 16.4. The van der Waals surface area contributed by atoms with Crippen LogP contribution in [-0.2, 0) is 16.0 Å². The van der Waals surface area contributed by atoms with Crippen molar-refractivity contribution in [2.75, 3.05) is 0 Å². The van der Waals surface area contributed by atoms with Crippen LogP contribution in [0.25, 0.3) is 0 Å². The number of carbonyl (C=O) groups excluding carboxylic acids is 1. The molecule has 1 heterocycles. The van der Waals surface area contributed by atoms with Crippen LogP contribution in [0.5, 0.6) is 0 Å². The van der Waals surface area contributed by atoms with Gasteiger partial charge in [0.05, 0.1) is 10.7 Å². The number of rotatable bonds is 6. The Hall–Kier alpha value is -0.690. The number of carbonyl (C=O) groups is 1. The van der Waals surface area contributed by atoms with Gasteiger partial charge < -0.3 is 4.74 Å². The molecule has 1 aromatic heterocycles. The van der Waals surface area contributed by atoms with Gasteiger partial charge in [0.15, 0.2) is 0 Å². The first-order valence-electron chi connectivity index (χ1n) is 5.99. The van der Waals surface area contributed by atoms with Gasteiger partial charge in [-0.3, -0.25) is 4.79 Å². The molecule has 104 valence electrons. The van der Waals surface area contributed by atoms with Crippen molar-refractivity contribution in [3.05, 3.63) is 37.6 Å². The van der Waals surface area contributed by atoms with Crippen molar-refractivity contribution in [3.8, 4) is 0 Å². The quantitative estimate of drug-likeness (QED) is 0.406. The fourth-order valence-corrected chi connectivity index (χ4v) is 2.52. The normalized spacial score (nSPS) is 12.0. The van der Waals surface area contributed by atoms with Gasteiger partial charge in [-0.2, -0.15) is 0 Å². The summed E-state index contributed by atoms with van der Waals surface area (Å²) >= 11 is 3.83. The van der Waals surface area contributed by atoms with E-state index >= 15 is 0 Å². The summed E-state index contributed by atoms with van der Waals surface area (Å²) in [5, 5.41) is 3.10. The van der Waals surface area contributed by atoms with Gasteiger partial charge in [-0.1, -0.05) is 6.58 Å². The van der Waals surface area contributed by atoms with Gasteiger partial charge in [0.2, 0.25) is 0 Å². The zero-order valence-corrected chi connectivity index (χ0v) is 14.4. The molecule has 0 radical (unpaired) electrons. The minimum Gasteiger partial charge on any atom is -0.431 e. The highest BCUT2D eigenvalue weighted by molar-refractivity contribution is 14.1. The zero-order valence-electron chi connectivity index (χ0n) is 11.5. The lowest BCUT2D eigenvalue weighted by atomic mass is 10.1. The average Bonchev–Trinajstić information content (AvgIpc) is 2.69. The van der Waals surface area contributed by atoms with Crippen LogP contribution in [0, 0.1) is 6.92 Å². The molecule has 0 saturated heterocycles. The molecule has 0 aromatic carbocycles. The van der Waals surface area contributed by atoms with Crippen LogP contribution in [0.3, 0.4) is 0 Å². The van der Waals surface area contributed by atoms with Crippen LogP contribution in [0.15, 0.2) is 26.9 Å². The maximum atomic E-state index is 11.2. The summed E-state index contributed by atoms with van der Waals surface area (Å²) in [5.74, 6) is 0.471. The van der Waals surface area contributed by atoms with Gasteiger partial charge in [0.25, 0.3) is 0 Å². The van der Waals surface area contributed by atoms with Crippen molar-refractivity contribution in [1.82, 2.24) is 4.98 Å². The molecule has 0 bridgehead atoms. The molecule has 1 rings (SSSR count). The van der Waals surface area contributed by atoms with Crippen LogP contribution in [-0.4, -0.2) is 11.0 Å². The molecule has 0 saturated carbocycles. The maximum Gasteiger partial charge on any atom is 0.307 e. The molecule has 0 fully saturated rings. The molecule has 0 aliphatic heterocycles. The lowest BCUT2D eigenvalue weighted by Gasteiger charge is -2.11. The Morgan fingerprint density at radius 2 is 2.16 bits per heavy atom. The maximum absolute atomic E-state index is 11.2. The number of halogens is 1. The highest BCUT2D eigenvalue weighted by atomic mass is 127. The number of aromatic nitrogens is 1. The van der Waals surface area contributed by atoms with E-state index in [0.29, 0.717) is 6.42 Å². The molecule has 0 spiro atoms. The highest BCUT2D eigenvalue weighted by Gasteiger charge is 2.10. The van der Waals surface area contributed by atoms with Crippen molar-refractivity contribution in [1.29, 1.82) is 0 Å². The number of nitrogens with zero attached hydrogens (tertiary/aromatic N) is 1. The molecule has 0 aliphatic rings. The average molecular weight is 391 g/mol. The van der Waals surface area contributed by atoms with Gasteiger partial charge in [-0.25, -0.2) is 4.98 Å². The van der Waals surface area contributed by atoms with E-state index in [1.54, 1.807) is 11.3 Å². The van der Waals surface area contributed by atoms with Crippen molar-refractivity contribution >= 4 is 39.9 Å². The van der Waals surface area contributed by atoms with Crippen molar-refractivity contribution < 1.29 is 9.53 Å². The molecule has 19 heavy (non-hydrogen) atoms. The van der Waals surface area contributed by atoms with Crippen molar-refractivity contribution in [3.63, 3.8) is 0 Å². The molecule has 0 aliphatic carbocycles. The largest absolute Gasteiger partial charge is 0.431 e. The standard InChI is InChI=1S/C14H18INO2S/c1-9(7-13-8-19-11(3)16-13)14(18-12(4)17)6-5-10(2)15/h8H,2,5-7H2,1,3-4H3/b14-9+. The Balaban J connectivity index is 2.81. The lowest BCUT2D eigenvalue weighted by molar-refractivity contribution is -0.137. The molecule has 1 aromatic rings. The smallest absolute Gasteiger partial charge is 0.307 e. The second kappa shape index (κ2) is 7.79. The minimum absolute atomic E-state index is 0.275. The predicted molar refractivity (Wildman–Crippen MR) is 87.4 cm³/mol. The summed E-state index contributed by atoms with van der Waals surface area (Å²) in [5.41, 5.74) is 2.08. The van der Waals surface area contributed by atoms with Crippen LogP contribution in [0.1, 0.15) is 37.4 Å². The van der Waals surface area contributed by atoms with E-state index in [-0.39, 0.29) is 5.97 Å². The van der Waals surface area contributed by atoms with Crippen LogP contribution >= 0.6 is 33.9 Å². The van der Waals surface area contributed by atoms with Gasteiger partial charge in [0, 0.05) is 25.1 Å². The molecular weight excluding hydrogens is 373 g/mol. The minimum atomic E-state index is -0.275. The second-order valence-electron chi connectivity index (χ2n) is 4.35. The SMILES string of the molecule is C=C(I)CC/C(OC(C)=O)=C(/C)Cc1csc(C)n1. The first-order valence-corrected chi connectivity index (χ1v) is 7.95. The summed E-state index contributed by atoms with van der Waals surface area (Å²) in [6, 6.07) is 0. The Bertz CT molecular complexity index is 505. The third kappa shape index (κ3) is 6.33. The third-order valence-corrected chi connectivity index (χ3v) is 3.84. The highest BCUT2D eigenvalue weighted by Crippen LogP contribution is 2.22. The van der Waals surface area contributed by atoms with Gasteiger partial charge >= 0.3 is 5.97 Å². The fraction of sp³-hybridized carbons (Fsp3) is 0.429. The monoisotopic (exact) mass is 391 g/mol. The Morgan fingerprint density at radius 1 is 1.47 bits per heavy atom. The first-order chi connectivity index (χ1) is 8.88. The summed E-state index contributed by atoms with van der Waals surface area (Å²) in [4.78, 5) is 15.6. The molecule has 0 N–H and O–H groups in total. The zero-order chi connectivity index (χ0) is 14.4. The van der Waals surface area contributed by atoms with Crippen LogP contribution in [0.2, 0.25) is 0 Å². The van der Waals surface area contributed by atoms with E-state index in [0.717, 1.165) is 38.5 Å². The summed E-state index contributed by atoms with van der Waals surface area (Å²) in [7, 11) is 0. The molecule has 5 heteroatoms. The van der Waals surface area contributed by atoms with E-state index in [9.17, 15) is 4.79 Å². The van der Waals surface area contributed by atoms with E-state index in [1.807, 2.05) is 19.2 Å². The van der Waals surface area contributed by atoms with E-state index < -0.39 is 0 Å². The van der Waals surface area contributed by atoms with E-state index in [2.05, 4.69) is 34.2 Å². The number of ether oxygens (including phenoxy) is 1. The molecular formula is C14H18INO2S. The van der Waals surface area contributed by atoms with Crippen LogP contribution in [0.4, 0.5) is 0 Å². The molecule has 3 nitrogen and oxygen atoms in total. The summed E-state index contributed by atoms with van der Waals surface area (Å²) < 4.78 is 6.37. The lowest BCUT2D eigenvalue weighted by Crippen LogP contribution is -2.03. The Morgan fingerprint density at radius 3 is 2.63 bits per heavy atom. The van der Waals surface area contributed by atoms with Gasteiger partial charge in [-0.05, 0) is 52.0 Å².